The lowest BCUT2D eigenvalue weighted by molar-refractivity contribution is -0.105. The molecule has 2 nitrogen and oxygen atoms in total. The van der Waals surface area contributed by atoms with Crippen LogP contribution in [0.3, 0.4) is 0 Å². The topological polar surface area (TPSA) is 22.0 Å². The number of benzene rings is 1. The molecule has 0 saturated heterocycles. The number of carbonyl (C=O) groups excluding carboxylic acids is 1. The molecule has 0 amide bonds. The Morgan fingerprint density at radius 1 is 1.33 bits per heavy atom. The maximum Gasteiger partial charge on any atom is 0.147 e. The molecule has 2 heterocycles. The van der Waals surface area contributed by atoms with Crippen LogP contribution in [-0.2, 0) is 11.3 Å². The predicted octanol–water partition coefficient (Wildman–Crippen LogP) is 2.89. The molecule has 1 aromatic carbocycles. The zero-order valence-corrected chi connectivity index (χ0v) is 8.66. The third kappa shape index (κ3) is 1.22. The van der Waals surface area contributed by atoms with E-state index >= 15 is 0 Å². The first-order chi connectivity index (χ1) is 7.28. The van der Waals surface area contributed by atoms with E-state index in [0.717, 1.165) is 33.5 Å². The zero-order valence-electron chi connectivity index (χ0n) is 7.90. The van der Waals surface area contributed by atoms with Crippen molar-refractivity contribution in [2.24, 2.45) is 0 Å². The summed E-state index contributed by atoms with van der Waals surface area (Å²) in [5.41, 5.74) is 3.03. The van der Waals surface area contributed by atoms with Gasteiger partial charge in [0.25, 0.3) is 0 Å². The summed E-state index contributed by atoms with van der Waals surface area (Å²) in [4.78, 5) is 10.7. The van der Waals surface area contributed by atoms with Crippen LogP contribution >= 0.6 is 11.6 Å². The molecule has 0 radical (unpaired) electrons. The number of nitrogens with zero attached hydrogens (tertiary/aromatic N) is 1. The molecule has 0 aliphatic carbocycles. The van der Waals surface area contributed by atoms with Crippen LogP contribution in [0.5, 0.6) is 0 Å². The standard InChI is InChI=1S/C12H8ClNO/c13-10-1-2-12-9(4-10)5-11-3-8(7-15)6-14(11)12/h1-5,7H,6H2. The molecule has 1 aliphatic rings. The van der Waals surface area contributed by atoms with Crippen molar-refractivity contribution in [2.45, 2.75) is 6.54 Å². The van der Waals surface area contributed by atoms with Gasteiger partial charge in [0.1, 0.15) is 6.29 Å². The van der Waals surface area contributed by atoms with E-state index in [2.05, 4.69) is 10.6 Å². The van der Waals surface area contributed by atoms with Crippen molar-refractivity contribution in [3.8, 4) is 0 Å². The third-order valence-electron chi connectivity index (χ3n) is 2.72. The minimum atomic E-state index is 0.671. The van der Waals surface area contributed by atoms with Crippen LogP contribution in [0.4, 0.5) is 0 Å². The van der Waals surface area contributed by atoms with Crippen LogP contribution in [0.2, 0.25) is 5.02 Å². The van der Waals surface area contributed by atoms with E-state index in [0.29, 0.717) is 6.54 Å². The first kappa shape index (κ1) is 8.74. The molecular weight excluding hydrogens is 210 g/mol. The maximum absolute atomic E-state index is 10.7. The molecule has 0 spiro atoms. The van der Waals surface area contributed by atoms with Crippen LogP contribution in [0, 0.1) is 0 Å². The molecule has 1 aromatic heterocycles. The summed E-state index contributed by atoms with van der Waals surface area (Å²) in [6.07, 6.45) is 2.83. The Hall–Kier alpha value is -1.54. The highest BCUT2D eigenvalue weighted by Crippen LogP contribution is 2.28. The molecule has 3 rings (SSSR count). The number of fused-ring (bicyclic) bond motifs is 3. The van der Waals surface area contributed by atoms with Gasteiger partial charge in [-0.05, 0) is 30.3 Å². The number of aldehydes is 1. The van der Waals surface area contributed by atoms with Gasteiger partial charge in [-0.1, -0.05) is 11.6 Å². The van der Waals surface area contributed by atoms with Crippen molar-refractivity contribution in [3.63, 3.8) is 0 Å². The predicted molar refractivity (Wildman–Crippen MR) is 61.0 cm³/mol. The zero-order chi connectivity index (χ0) is 10.4. The molecule has 0 bridgehead atoms. The summed E-state index contributed by atoms with van der Waals surface area (Å²) in [6, 6.07) is 7.85. The van der Waals surface area contributed by atoms with E-state index in [9.17, 15) is 4.79 Å². The molecule has 2 aromatic rings. The van der Waals surface area contributed by atoms with Crippen LogP contribution in [0.15, 0.2) is 29.8 Å². The smallest absolute Gasteiger partial charge is 0.147 e. The van der Waals surface area contributed by atoms with Gasteiger partial charge in [0, 0.05) is 27.2 Å². The van der Waals surface area contributed by atoms with Crippen molar-refractivity contribution < 1.29 is 4.79 Å². The lowest BCUT2D eigenvalue weighted by Crippen LogP contribution is -1.95. The Morgan fingerprint density at radius 2 is 2.20 bits per heavy atom. The van der Waals surface area contributed by atoms with Gasteiger partial charge < -0.3 is 4.57 Å². The number of allylic oxidation sites excluding steroid dienone is 1. The van der Waals surface area contributed by atoms with Gasteiger partial charge in [0.05, 0.1) is 6.54 Å². The minimum absolute atomic E-state index is 0.671. The van der Waals surface area contributed by atoms with Crippen LogP contribution < -0.4 is 0 Å². The van der Waals surface area contributed by atoms with E-state index in [-0.39, 0.29) is 0 Å². The number of halogens is 1. The Morgan fingerprint density at radius 3 is 3.00 bits per heavy atom. The highest BCUT2D eigenvalue weighted by Gasteiger charge is 2.14. The summed E-state index contributed by atoms with van der Waals surface area (Å²) in [7, 11) is 0. The maximum atomic E-state index is 10.7. The van der Waals surface area contributed by atoms with Crippen LogP contribution in [0.1, 0.15) is 5.69 Å². The van der Waals surface area contributed by atoms with Crippen molar-refractivity contribution in [3.05, 3.63) is 40.6 Å². The fraction of sp³-hybridized carbons (Fsp3) is 0.0833. The number of hydrogen-bond donors (Lipinski definition) is 0. The second-order valence-electron chi connectivity index (χ2n) is 3.70. The Labute approximate surface area is 91.8 Å². The quantitative estimate of drug-likeness (QED) is 0.674. The Balaban J connectivity index is 2.27. The minimum Gasteiger partial charge on any atom is -0.336 e. The molecule has 0 atom stereocenters. The summed E-state index contributed by atoms with van der Waals surface area (Å²) in [5, 5.41) is 1.87. The van der Waals surface area contributed by atoms with Crippen LogP contribution in [0.25, 0.3) is 17.0 Å². The SMILES string of the molecule is O=CC1=Cc2cc3cc(Cl)ccc3n2C1. The van der Waals surface area contributed by atoms with Crippen LogP contribution in [-0.4, -0.2) is 10.9 Å². The molecular formula is C12H8ClNO. The first-order valence-electron chi connectivity index (χ1n) is 4.72. The molecule has 0 unspecified atom stereocenters. The second kappa shape index (κ2) is 2.97. The number of aromatic nitrogens is 1. The molecule has 0 saturated carbocycles. The highest BCUT2D eigenvalue weighted by atomic mass is 35.5. The van der Waals surface area contributed by atoms with Gasteiger partial charge in [0.2, 0.25) is 0 Å². The molecule has 0 fully saturated rings. The largest absolute Gasteiger partial charge is 0.336 e. The molecule has 15 heavy (non-hydrogen) atoms. The lowest BCUT2D eigenvalue weighted by atomic mass is 10.2. The van der Waals surface area contributed by atoms with Gasteiger partial charge in [-0.2, -0.15) is 0 Å². The van der Waals surface area contributed by atoms with Gasteiger partial charge >= 0.3 is 0 Å². The molecule has 3 heteroatoms. The van der Waals surface area contributed by atoms with Gasteiger partial charge in [-0.3, -0.25) is 4.79 Å². The van der Waals surface area contributed by atoms with E-state index in [1.54, 1.807) is 0 Å². The molecule has 74 valence electrons. The second-order valence-corrected chi connectivity index (χ2v) is 4.13. The number of carbonyl (C=O) groups is 1. The fourth-order valence-corrected chi connectivity index (χ4v) is 2.23. The van der Waals surface area contributed by atoms with Crippen molar-refractivity contribution in [2.75, 3.05) is 0 Å². The van der Waals surface area contributed by atoms with E-state index in [1.807, 2.05) is 24.3 Å². The van der Waals surface area contributed by atoms with Crippen molar-refractivity contribution in [1.82, 2.24) is 4.57 Å². The average Bonchev–Trinajstić information content (AvgIpc) is 2.73. The average molecular weight is 218 g/mol. The summed E-state index contributed by atoms with van der Waals surface area (Å²) in [6.45, 7) is 0.671. The Kier molecular flexibility index (Phi) is 1.73. The van der Waals surface area contributed by atoms with E-state index in [4.69, 9.17) is 11.6 Å². The third-order valence-corrected chi connectivity index (χ3v) is 2.96. The number of rotatable bonds is 1. The summed E-state index contributed by atoms with van der Waals surface area (Å²) < 4.78 is 2.12. The first-order valence-corrected chi connectivity index (χ1v) is 5.10. The lowest BCUT2D eigenvalue weighted by Gasteiger charge is -2.00. The van der Waals surface area contributed by atoms with E-state index < -0.39 is 0 Å². The monoisotopic (exact) mass is 217 g/mol. The molecule has 1 aliphatic heterocycles. The molecule has 0 N–H and O–H groups in total. The Bertz CT molecular complexity index is 595. The van der Waals surface area contributed by atoms with Gasteiger partial charge in [-0.25, -0.2) is 0 Å². The van der Waals surface area contributed by atoms with Gasteiger partial charge in [-0.15, -0.1) is 0 Å². The van der Waals surface area contributed by atoms with Gasteiger partial charge in [0.15, 0.2) is 0 Å². The van der Waals surface area contributed by atoms with E-state index in [1.165, 1.54) is 0 Å². The summed E-state index contributed by atoms with van der Waals surface area (Å²) >= 11 is 5.92. The fourth-order valence-electron chi connectivity index (χ4n) is 2.05. The highest BCUT2D eigenvalue weighted by molar-refractivity contribution is 6.31. The normalized spacial score (nSPS) is 14.1. The van der Waals surface area contributed by atoms with Crippen molar-refractivity contribution >= 4 is 34.9 Å². The number of hydrogen-bond acceptors (Lipinski definition) is 1. The summed E-state index contributed by atoms with van der Waals surface area (Å²) in [5.74, 6) is 0. The van der Waals surface area contributed by atoms with Crippen molar-refractivity contribution in [1.29, 1.82) is 0 Å².